The van der Waals surface area contributed by atoms with Crippen LogP contribution < -0.4 is 4.90 Å². The van der Waals surface area contributed by atoms with Gasteiger partial charge in [-0.3, -0.25) is 14.5 Å². The van der Waals surface area contributed by atoms with Crippen LogP contribution in [0.15, 0.2) is 53.4 Å². The third kappa shape index (κ3) is 5.18. The van der Waals surface area contributed by atoms with Gasteiger partial charge in [0.2, 0.25) is 0 Å². The van der Waals surface area contributed by atoms with Gasteiger partial charge in [0, 0.05) is 17.1 Å². The Hall–Kier alpha value is -2.15. The molecule has 2 heterocycles. The Morgan fingerprint density at radius 3 is 2.33 bits per heavy atom. The number of halogens is 1. The molecule has 0 bridgehead atoms. The van der Waals surface area contributed by atoms with Crippen LogP contribution >= 0.6 is 35.6 Å². The van der Waals surface area contributed by atoms with E-state index in [2.05, 4.69) is 6.92 Å². The summed E-state index contributed by atoms with van der Waals surface area (Å²) in [4.78, 5) is 30.7. The highest BCUT2D eigenvalue weighted by Crippen LogP contribution is 2.45. The topological polar surface area (TPSA) is 40.6 Å². The van der Waals surface area contributed by atoms with Crippen LogP contribution in [0.5, 0.6) is 0 Å². The molecule has 2 aromatic carbocycles. The highest BCUT2D eigenvalue weighted by Gasteiger charge is 2.41. The van der Waals surface area contributed by atoms with Gasteiger partial charge in [0.25, 0.3) is 11.8 Å². The van der Waals surface area contributed by atoms with E-state index in [0.29, 0.717) is 32.9 Å². The summed E-state index contributed by atoms with van der Waals surface area (Å²) in [7, 11) is 0. The number of nitrogens with zero attached hydrogens (tertiary/aromatic N) is 2. The number of benzene rings is 2. The highest BCUT2D eigenvalue weighted by molar-refractivity contribution is 8.26. The van der Waals surface area contributed by atoms with E-state index in [-0.39, 0.29) is 11.8 Å². The van der Waals surface area contributed by atoms with Gasteiger partial charge in [-0.05, 0) is 30.2 Å². The van der Waals surface area contributed by atoms with Crippen molar-refractivity contribution in [1.82, 2.24) is 4.90 Å². The quantitative estimate of drug-likeness (QED) is 0.216. The van der Waals surface area contributed by atoms with Gasteiger partial charge in [-0.15, -0.1) is 0 Å². The molecule has 0 atom stereocenters. The number of fused-ring (bicyclic) bond motifs is 1. The van der Waals surface area contributed by atoms with Gasteiger partial charge in [0.05, 0.1) is 22.7 Å². The summed E-state index contributed by atoms with van der Waals surface area (Å²) in [6.07, 6.45) is 6.88. The molecule has 1 saturated heterocycles. The minimum Gasteiger partial charge on any atom is -0.303 e. The van der Waals surface area contributed by atoms with E-state index in [0.717, 1.165) is 29.7 Å². The van der Waals surface area contributed by atoms with E-state index >= 15 is 0 Å². The van der Waals surface area contributed by atoms with E-state index in [4.69, 9.17) is 23.8 Å². The summed E-state index contributed by atoms with van der Waals surface area (Å²) in [6, 6.07) is 15.1. The van der Waals surface area contributed by atoms with Crippen LogP contribution in [0.4, 0.5) is 5.69 Å². The average Bonchev–Trinajstić information content (AvgIpc) is 3.24. The summed E-state index contributed by atoms with van der Waals surface area (Å²) in [5.74, 6) is -0.309. The fourth-order valence-corrected chi connectivity index (χ4v) is 5.73. The Morgan fingerprint density at radius 1 is 0.879 bits per heavy atom. The molecule has 2 aliphatic rings. The SMILES string of the molecule is CCCCCCCCN1C(=O)/C(=C2/C(=O)N(Cc3ccc(Cl)cc3)c3ccccc32)SC1=S. The lowest BCUT2D eigenvalue weighted by Crippen LogP contribution is -2.30. The molecule has 0 saturated carbocycles. The van der Waals surface area contributed by atoms with Crippen molar-refractivity contribution < 1.29 is 9.59 Å². The molecule has 1 fully saturated rings. The average molecular weight is 499 g/mol. The van der Waals surface area contributed by atoms with Crippen LogP contribution in [0.25, 0.3) is 5.57 Å². The predicted molar refractivity (Wildman–Crippen MR) is 141 cm³/mol. The van der Waals surface area contributed by atoms with Crippen molar-refractivity contribution in [3.8, 4) is 0 Å². The molecule has 0 unspecified atom stereocenters. The number of thioether (sulfide) groups is 1. The van der Waals surface area contributed by atoms with Gasteiger partial charge in [-0.1, -0.05) is 105 Å². The van der Waals surface area contributed by atoms with Crippen LogP contribution in [-0.4, -0.2) is 27.6 Å². The van der Waals surface area contributed by atoms with Crippen LogP contribution in [0.1, 0.15) is 56.6 Å². The molecular formula is C26H27ClN2O2S2. The zero-order valence-corrected chi connectivity index (χ0v) is 21.1. The van der Waals surface area contributed by atoms with Crippen molar-refractivity contribution in [2.24, 2.45) is 0 Å². The molecule has 172 valence electrons. The van der Waals surface area contributed by atoms with Crippen molar-refractivity contribution in [2.75, 3.05) is 11.4 Å². The van der Waals surface area contributed by atoms with Crippen molar-refractivity contribution in [1.29, 1.82) is 0 Å². The second-order valence-electron chi connectivity index (χ2n) is 8.33. The summed E-state index contributed by atoms with van der Waals surface area (Å²) >= 11 is 12.8. The lowest BCUT2D eigenvalue weighted by Gasteiger charge is -2.17. The van der Waals surface area contributed by atoms with Crippen molar-refractivity contribution in [2.45, 2.75) is 52.0 Å². The molecule has 7 heteroatoms. The summed E-state index contributed by atoms with van der Waals surface area (Å²) in [6.45, 7) is 3.22. The van der Waals surface area contributed by atoms with E-state index < -0.39 is 0 Å². The second-order valence-corrected chi connectivity index (χ2v) is 10.4. The summed E-state index contributed by atoms with van der Waals surface area (Å²) in [5.41, 5.74) is 3.03. The first-order valence-electron chi connectivity index (χ1n) is 11.4. The number of amides is 2. The van der Waals surface area contributed by atoms with Crippen LogP contribution in [0, 0.1) is 0 Å². The molecule has 0 aliphatic carbocycles. The largest absolute Gasteiger partial charge is 0.303 e. The van der Waals surface area contributed by atoms with E-state index in [1.54, 1.807) is 9.80 Å². The molecule has 0 radical (unpaired) electrons. The Morgan fingerprint density at radius 2 is 1.58 bits per heavy atom. The number of anilines is 1. The minimum absolute atomic E-state index is 0.148. The van der Waals surface area contributed by atoms with Crippen molar-refractivity contribution >= 4 is 63.0 Å². The molecule has 4 rings (SSSR count). The maximum atomic E-state index is 13.6. The van der Waals surface area contributed by atoms with E-state index in [9.17, 15) is 9.59 Å². The second kappa shape index (κ2) is 10.9. The van der Waals surface area contributed by atoms with Gasteiger partial charge >= 0.3 is 0 Å². The Kier molecular flexibility index (Phi) is 7.89. The Balaban J connectivity index is 1.55. The molecule has 2 amide bonds. The minimum atomic E-state index is -0.161. The maximum Gasteiger partial charge on any atom is 0.267 e. The first-order valence-corrected chi connectivity index (χ1v) is 13.0. The van der Waals surface area contributed by atoms with Crippen molar-refractivity contribution in [3.63, 3.8) is 0 Å². The van der Waals surface area contributed by atoms with Crippen LogP contribution in [0.2, 0.25) is 5.02 Å². The standard InChI is InChI=1S/C26H27ClN2O2S2/c1-2-3-4-5-6-9-16-28-25(31)23(33-26(28)32)22-20-10-7-8-11-21(20)29(24(22)30)17-18-12-14-19(27)15-13-18/h7-8,10-15H,2-6,9,16-17H2,1H3/b23-22-. The number of unbranched alkanes of at least 4 members (excludes halogenated alkanes) is 5. The van der Waals surface area contributed by atoms with Crippen LogP contribution in [-0.2, 0) is 16.1 Å². The third-order valence-electron chi connectivity index (χ3n) is 5.99. The summed E-state index contributed by atoms with van der Waals surface area (Å²) < 4.78 is 0.539. The number of rotatable bonds is 9. The number of carbonyl (C=O) groups excluding carboxylic acids is 2. The molecule has 0 spiro atoms. The monoisotopic (exact) mass is 498 g/mol. The fourth-order valence-electron chi connectivity index (χ4n) is 4.22. The van der Waals surface area contributed by atoms with Gasteiger partial charge in [-0.25, -0.2) is 0 Å². The van der Waals surface area contributed by atoms with Gasteiger partial charge in [-0.2, -0.15) is 0 Å². The molecular weight excluding hydrogens is 472 g/mol. The van der Waals surface area contributed by atoms with E-state index in [1.165, 1.54) is 37.4 Å². The van der Waals surface area contributed by atoms with Gasteiger partial charge in [0.1, 0.15) is 4.32 Å². The molecule has 4 nitrogen and oxygen atoms in total. The predicted octanol–water partition coefficient (Wildman–Crippen LogP) is 6.82. The molecule has 0 N–H and O–H groups in total. The lowest BCUT2D eigenvalue weighted by molar-refractivity contribution is -0.122. The summed E-state index contributed by atoms with van der Waals surface area (Å²) in [5, 5.41) is 0.654. The fraction of sp³-hybridized carbons (Fsp3) is 0.346. The Labute approximate surface area is 210 Å². The lowest BCUT2D eigenvalue weighted by atomic mass is 10.1. The van der Waals surface area contributed by atoms with Gasteiger partial charge < -0.3 is 4.90 Å². The first-order chi connectivity index (χ1) is 16.0. The number of hydrogen-bond donors (Lipinski definition) is 0. The van der Waals surface area contributed by atoms with Crippen molar-refractivity contribution in [3.05, 3.63) is 69.6 Å². The zero-order valence-electron chi connectivity index (χ0n) is 18.7. The number of thiocarbonyl (C=S) groups is 1. The number of hydrogen-bond acceptors (Lipinski definition) is 4. The smallest absolute Gasteiger partial charge is 0.267 e. The third-order valence-corrected chi connectivity index (χ3v) is 7.69. The molecule has 33 heavy (non-hydrogen) atoms. The zero-order chi connectivity index (χ0) is 23.4. The molecule has 2 aliphatic heterocycles. The number of para-hydroxylation sites is 1. The Bertz CT molecular complexity index is 1100. The normalized spacial score (nSPS) is 17.9. The molecule has 2 aromatic rings. The first kappa shape index (κ1) is 24.0. The maximum absolute atomic E-state index is 13.6. The van der Waals surface area contributed by atoms with E-state index in [1.807, 2.05) is 48.5 Å². The van der Waals surface area contributed by atoms with Gasteiger partial charge in [0.15, 0.2) is 0 Å². The number of carbonyl (C=O) groups is 2. The van der Waals surface area contributed by atoms with Crippen LogP contribution in [0.3, 0.4) is 0 Å². The molecule has 0 aromatic heterocycles. The highest BCUT2D eigenvalue weighted by atomic mass is 35.5.